The van der Waals surface area contributed by atoms with Crippen LogP contribution in [-0.2, 0) is 0 Å². The average Bonchev–Trinajstić information content (AvgIpc) is 3.51. The maximum absolute atomic E-state index is 5.11. The molecule has 3 unspecified atom stereocenters. The van der Waals surface area contributed by atoms with Crippen LogP contribution in [0.15, 0.2) is 24.3 Å². The average molecular weight is 379 g/mol. The number of benzene rings is 1. The predicted octanol–water partition coefficient (Wildman–Crippen LogP) is 4.19. The molecule has 4 fully saturated rings. The second kappa shape index (κ2) is 7.14. The van der Waals surface area contributed by atoms with Gasteiger partial charge in [0.1, 0.15) is 5.82 Å². The first-order chi connectivity index (χ1) is 13.8. The molecule has 150 valence electrons. The highest BCUT2D eigenvalue weighted by molar-refractivity contribution is 5.76. The van der Waals surface area contributed by atoms with Gasteiger partial charge < -0.3 is 14.8 Å². The van der Waals surface area contributed by atoms with Crippen molar-refractivity contribution >= 4 is 11.0 Å². The molecule has 1 aromatic carbocycles. The second-order valence-electron chi connectivity index (χ2n) is 9.99. The maximum Gasteiger partial charge on any atom is 0.114 e. The van der Waals surface area contributed by atoms with Gasteiger partial charge in [-0.15, -0.1) is 0 Å². The van der Waals surface area contributed by atoms with Crippen molar-refractivity contribution in [2.45, 2.75) is 56.9 Å². The van der Waals surface area contributed by atoms with Crippen LogP contribution in [0.4, 0.5) is 0 Å². The number of para-hydroxylation sites is 2. The van der Waals surface area contributed by atoms with Crippen LogP contribution in [-0.4, -0.2) is 47.2 Å². The topological polar surface area (TPSA) is 33.1 Å². The van der Waals surface area contributed by atoms with Crippen molar-refractivity contribution in [2.75, 3.05) is 32.7 Å². The van der Waals surface area contributed by atoms with E-state index in [1.54, 1.807) is 6.42 Å². The highest BCUT2D eigenvalue weighted by Gasteiger charge is 2.40. The zero-order chi connectivity index (χ0) is 18.5. The molecule has 4 heteroatoms. The molecule has 4 atom stereocenters. The molecule has 3 heterocycles. The fourth-order valence-electron chi connectivity index (χ4n) is 6.90. The molecule has 1 N–H and O–H groups in total. The van der Waals surface area contributed by atoms with E-state index in [1.165, 1.54) is 75.0 Å². The van der Waals surface area contributed by atoms with Gasteiger partial charge in [0.25, 0.3) is 0 Å². The largest absolute Gasteiger partial charge is 0.324 e. The van der Waals surface area contributed by atoms with Crippen LogP contribution in [0.25, 0.3) is 11.0 Å². The molecule has 2 aromatic rings. The summed E-state index contributed by atoms with van der Waals surface area (Å²) in [7, 11) is 0. The molecule has 0 radical (unpaired) electrons. The van der Waals surface area contributed by atoms with Crippen LogP contribution in [0.1, 0.15) is 62.7 Å². The van der Waals surface area contributed by atoms with Crippen molar-refractivity contribution in [2.24, 2.45) is 17.8 Å². The quantitative estimate of drug-likeness (QED) is 0.866. The van der Waals surface area contributed by atoms with Crippen LogP contribution in [0.3, 0.4) is 0 Å². The Morgan fingerprint density at radius 2 is 1.89 bits per heavy atom. The van der Waals surface area contributed by atoms with Gasteiger partial charge in [-0.1, -0.05) is 18.6 Å². The van der Waals surface area contributed by atoms with Gasteiger partial charge in [-0.05, 0) is 75.0 Å². The van der Waals surface area contributed by atoms with Gasteiger partial charge in [0.2, 0.25) is 0 Å². The number of likely N-dealkylation sites (tertiary alicyclic amines) is 1. The first kappa shape index (κ1) is 17.5. The van der Waals surface area contributed by atoms with Gasteiger partial charge in [-0.3, -0.25) is 0 Å². The molecule has 2 aliphatic carbocycles. The molecule has 0 amide bonds. The van der Waals surface area contributed by atoms with E-state index in [0.29, 0.717) is 12.0 Å². The van der Waals surface area contributed by atoms with Crippen molar-refractivity contribution < 1.29 is 0 Å². The third-order valence-electron chi connectivity index (χ3n) is 8.35. The van der Waals surface area contributed by atoms with Gasteiger partial charge >= 0.3 is 0 Å². The number of fused-ring (bicyclic) bond motifs is 3. The summed E-state index contributed by atoms with van der Waals surface area (Å²) in [5.41, 5.74) is 2.55. The number of imidazole rings is 1. The van der Waals surface area contributed by atoms with Gasteiger partial charge in [-0.25, -0.2) is 4.98 Å². The summed E-state index contributed by atoms with van der Waals surface area (Å²) in [5, 5.41) is 3.54. The zero-order valence-corrected chi connectivity index (χ0v) is 17.0. The Bertz CT molecular complexity index is 828. The van der Waals surface area contributed by atoms with Gasteiger partial charge in [-0.2, -0.15) is 0 Å². The molecule has 2 saturated heterocycles. The Kier molecular flexibility index (Phi) is 4.45. The van der Waals surface area contributed by atoms with E-state index in [9.17, 15) is 0 Å². The Hall–Kier alpha value is -1.39. The van der Waals surface area contributed by atoms with Crippen LogP contribution < -0.4 is 5.32 Å². The standard InChI is InChI=1S/C24H34N4/c1-2-4-23-22(3-1)26-24(19-7-10-25-15-19)28(23)21-8-11-27(12-9-21)16-20-14-17-5-6-18(20)13-17/h1-4,17-21,25H,5-16H2/t17?,18?,19-,20?/m1/s1. The normalized spacial score (nSPS) is 34.0. The third-order valence-corrected chi connectivity index (χ3v) is 8.35. The van der Waals surface area contributed by atoms with E-state index >= 15 is 0 Å². The lowest BCUT2D eigenvalue weighted by Crippen LogP contribution is -2.39. The number of piperidine rings is 1. The summed E-state index contributed by atoms with van der Waals surface area (Å²) >= 11 is 0. The van der Waals surface area contributed by atoms with Crippen LogP contribution in [0, 0.1) is 17.8 Å². The molecule has 28 heavy (non-hydrogen) atoms. The molecule has 4 nitrogen and oxygen atoms in total. The lowest BCUT2D eigenvalue weighted by Gasteiger charge is -2.36. The fourth-order valence-corrected chi connectivity index (χ4v) is 6.90. The number of nitrogens with one attached hydrogen (secondary N) is 1. The Balaban J connectivity index is 1.19. The SMILES string of the molecule is c1ccc2c(c1)nc([C@@H]1CCNC1)n2C1CCN(CC2CC3CCC2C3)CC1. The minimum Gasteiger partial charge on any atom is -0.324 e. The van der Waals surface area contributed by atoms with E-state index in [1.807, 2.05) is 0 Å². The number of aromatic nitrogens is 2. The molecule has 1 aromatic heterocycles. The summed E-state index contributed by atoms with van der Waals surface area (Å²) in [5.74, 6) is 5.07. The van der Waals surface area contributed by atoms with E-state index in [-0.39, 0.29) is 0 Å². The van der Waals surface area contributed by atoms with Crippen molar-refractivity contribution in [3.8, 4) is 0 Å². The molecular weight excluding hydrogens is 344 g/mol. The lowest BCUT2D eigenvalue weighted by atomic mass is 9.88. The maximum atomic E-state index is 5.11. The lowest BCUT2D eigenvalue weighted by molar-refractivity contribution is 0.141. The highest BCUT2D eigenvalue weighted by atomic mass is 15.2. The molecule has 6 rings (SSSR count). The Morgan fingerprint density at radius 1 is 1.00 bits per heavy atom. The Labute approximate surface area is 168 Å². The van der Waals surface area contributed by atoms with E-state index in [2.05, 4.69) is 39.0 Å². The van der Waals surface area contributed by atoms with Crippen LogP contribution >= 0.6 is 0 Å². The van der Waals surface area contributed by atoms with Crippen molar-refractivity contribution in [3.05, 3.63) is 30.1 Å². The number of hydrogen-bond acceptors (Lipinski definition) is 3. The van der Waals surface area contributed by atoms with Gasteiger partial charge in [0.15, 0.2) is 0 Å². The van der Waals surface area contributed by atoms with Crippen molar-refractivity contribution in [1.82, 2.24) is 19.8 Å². The molecule has 2 aliphatic heterocycles. The van der Waals surface area contributed by atoms with Crippen molar-refractivity contribution in [1.29, 1.82) is 0 Å². The van der Waals surface area contributed by atoms with Gasteiger partial charge in [0, 0.05) is 38.1 Å². The molecule has 2 bridgehead atoms. The number of hydrogen-bond donors (Lipinski definition) is 1. The predicted molar refractivity (Wildman–Crippen MR) is 114 cm³/mol. The van der Waals surface area contributed by atoms with E-state index in [4.69, 9.17) is 4.98 Å². The molecule has 2 saturated carbocycles. The summed E-state index contributed by atoms with van der Waals surface area (Å²) in [4.78, 5) is 7.90. The van der Waals surface area contributed by atoms with Crippen molar-refractivity contribution in [3.63, 3.8) is 0 Å². The summed E-state index contributed by atoms with van der Waals surface area (Å²) in [6.45, 7) is 6.14. The number of rotatable bonds is 4. The van der Waals surface area contributed by atoms with E-state index in [0.717, 1.165) is 30.8 Å². The first-order valence-corrected chi connectivity index (χ1v) is 11.7. The molecule has 4 aliphatic rings. The minimum atomic E-state index is 0.583. The van der Waals surface area contributed by atoms with Gasteiger partial charge in [0.05, 0.1) is 11.0 Å². The smallest absolute Gasteiger partial charge is 0.114 e. The Morgan fingerprint density at radius 3 is 2.64 bits per heavy atom. The monoisotopic (exact) mass is 378 g/mol. The van der Waals surface area contributed by atoms with Crippen LogP contribution in [0.5, 0.6) is 0 Å². The van der Waals surface area contributed by atoms with Crippen LogP contribution in [0.2, 0.25) is 0 Å². The highest BCUT2D eigenvalue weighted by Crippen LogP contribution is 2.48. The molecular formula is C24H34N4. The number of nitrogens with zero attached hydrogens (tertiary/aromatic N) is 3. The summed E-state index contributed by atoms with van der Waals surface area (Å²) < 4.78 is 2.64. The minimum absolute atomic E-state index is 0.583. The summed E-state index contributed by atoms with van der Waals surface area (Å²) in [6.07, 6.45) is 9.91. The summed E-state index contributed by atoms with van der Waals surface area (Å²) in [6, 6.07) is 9.42. The zero-order valence-electron chi connectivity index (χ0n) is 17.0. The first-order valence-electron chi connectivity index (χ1n) is 11.7. The second-order valence-corrected chi connectivity index (χ2v) is 9.99. The molecule has 0 spiro atoms. The fraction of sp³-hybridized carbons (Fsp3) is 0.708. The van der Waals surface area contributed by atoms with E-state index < -0.39 is 0 Å². The third kappa shape index (κ3) is 3.00.